The first kappa shape index (κ1) is 14.2. The predicted octanol–water partition coefficient (Wildman–Crippen LogP) is 3.14. The summed E-state index contributed by atoms with van der Waals surface area (Å²) in [5.41, 5.74) is 0.257. The number of nitro groups is 1. The van der Waals surface area contributed by atoms with Crippen molar-refractivity contribution in [3.8, 4) is 10.8 Å². The van der Waals surface area contributed by atoms with Crippen LogP contribution in [0.15, 0.2) is 30.3 Å². The SMILES string of the molecule is CC(=O)c1cc([N+](=O)[O-])c(Oc2ccccc2CO)s1. The van der Waals surface area contributed by atoms with E-state index in [2.05, 4.69) is 0 Å². The molecule has 6 nitrogen and oxygen atoms in total. The molecule has 0 aliphatic rings. The highest BCUT2D eigenvalue weighted by atomic mass is 32.1. The molecule has 2 rings (SSSR count). The zero-order valence-corrected chi connectivity index (χ0v) is 11.3. The summed E-state index contributed by atoms with van der Waals surface area (Å²) in [6, 6.07) is 7.87. The number of para-hydroxylation sites is 1. The lowest BCUT2D eigenvalue weighted by Crippen LogP contribution is -1.92. The molecule has 0 amide bonds. The molecule has 0 atom stereocenters. The van der Waals surface area contributed by atoms with Gasteiger partial charge >= 0.3 is 5.69 Å². The number of thiophene rings is 1. The number of hydrogen-bond acceptors (Lipinski definition) is 6. The second kappa shape index (κ2) is 5.81. The summed E-state index contributed by atoms with van der Waals surface area (Å²) < 4.78 is 5.49. The van der Waals surface area contributed by atoms with Crippen molar-refractivity contribution in [2.24, 2.45) is 0 Å². The molecule has 0 unspecified atom stereocenters. The minimum Gasteiger partial charge on any atom is -0.440 e. The maximum Gasteiger partial charge on any atom is 0.323 e. The number of carbonyl (C=O) groups is 1. The van der Waals surface area contributed by atoms with Gasteiger partial charge in [-0.05, 0) is 13.0 Å². The number of ketones is 1. The minimum atomic E-state index is -0.597. The molecule has 0 saturated carbocycles. The zero-order chi connectivity index (χ0) is 14.7. The Morgan fingerprint density at radius 3 is 2.75 bits per heavy atom. The summed E-state index contributed by atoms with van der Waals surface area (Å²) in [6.07, 6.45) is 0. The fraction of sp³-hybridized carbons (Fsp3) is 0.154. The van der Waals surface area contributed by atoms with Crippen LogP contribution in [0.5, 0.6) is 10.8 Å². The van der Waals surface area contributed by atoms with Crippen LogP contribution < -0.4 is 4.74 Å². The summed E-state index contributed by atoms with van der Waals surface area (Å²) in [5.74, 6) is 0.0680. The van der Waals surface area contributed by atoms with Crippen LogP contribution in [-0.2, 0) is 6.61 Å². The smallest absolute Gasteiger partial charge is 0.323 e. The number of ether oxygens (including phenoxy) is 1. The monoisotopic (exact) mass is 293 g/mol. The Balaban J connectivity index is 2.42. The highest BCUT2D eigenvalue weighted by Crippen LogP contribution is 2.40. The van der Waals surface area contributed by atoms with Crippen LogP contribution in [0.25, 0.3) is 0 Å². The molecule has 0 fully saturated rings. The number of nitrogens with zero attached hydrogens (tertiary/aromatic N) is 1. The lowest BCUT2D eigenvalue weighted by Gasteiger charge is -2.06. The summed E-state index contributed by atoms with van der Waals surface area (Å²) in [5, 5.41) is 20.2. The van der Waals surface area contributed by atoms with E-state index < -0.39 is 4.92 Å². The first-order valence-corrected chi connectivity index (χ1v) is 6.50. The number of rotatable bonds is 5. The van der Waals surface area contributed by atoms with Crippen molar-refractivity contribution in [1.82, 2.24) is 0 Å². The van der Waals surface area contributed by atoms with Gasteiger partial charge in [0.05, 0.1) is 16.4 Å². The Kier molecular flexibility index (Phi) is 4.11. The Labute approximate surface area is 118 Å². The van der Waals surface area contributed by atoms with Gasteiger partial charge in [-0.3, -0.25) is 14.9 Å². The van der Waals surface area contributed by atoms with Gasteiger partial charge in [-0.2, -0.15) is 0 Å². The molecule has 0 aliphatic carbocycles. The highest BCUT2D eigenvalue weighted by molar-refractivity contribution is 7.16. The fourth-order valence-electron chi connectivity index (χ4n) is 1.57. The summed E-state index contributed by atoms with van der Waals surface area (Å²) >= 11 is 0.915. The van der Waals surface area contributed by atoms with E-state index in [0.717, 1.165) is 11.3 Å². The molecule has 1 heterocycles. The number of benzene rings is 1. The molecule has 2 aromatic rings. The second-order valence-electron chi connectivity index (χ2n) is 3.96. The zero-order valence-electron chi connectivity index (χ0n) is 10.5. The third-order valence-electron chi connectivity index (χ3n) is 2.57. The molecule has 0 spiro atoms. The van der Waals surface area contributed by atoms with Crippen LogP contribution in [0.2, 0.25) is 0 Å². The number of aliphatic hydroxyl groups excluding tert-OH is 1. The molecule has 1 aromatic carbocycles. The molecule has 20 heavy (non-hydrogen) atoms. The first-order chi connectivity index (χ1) is 9.52. The van der Waals surface area contributed by atoms with Crippen molar-refractivity contribution >= 4 is 22.8 Å². The normalized spacial score (nSPS) is 10.3. The van der Waals surface area contributed by atoms with Crippen molar-refractivity contribution in [1.29, 1.82) is 0 Å². The lowest BCUT2D eigenvalue weighted by molar-refractivity contribution is -0.385. The maximum atomic E-state index is 11.3. The van der Waals surface area contributed by atoms with E-state index in [-0.39, 0.29) is 28.0 Å². The van der Waals surface area contributed by atoms with Crippen molar-refractivity contribution in [2.45, 2.75) is 13.5 Å². The van der Waals surface area contributed by atoms with Crippen LogP contribution in [-0.4, -0.2) is 15.8 Å². The van der Waals surface area contributed by atoms with Gasteiger partial charge in [0.15, 0.2) is 5.78 Å². The lowest BCUT2D eigenvalue weighted by atomic mass is 10.2. The predicted molar refractivity (Wildman–Crippen MR) is 73.4 cm³/mol. The van der Waals surface area contributed by atoms with Crippen LogP contribution in [0.3, 0.4) is 0 Å². The highest BCUT2D eigenvalue weighted by Gasteiger charge is 2.23. The van der Waals surface area contributed by atoms with E-state index in [4.69, 9.17) is 4.74 Å². The average Bonchev–Trinajstić information content (AvgIpc) is 2.84. The third-order valence-corrected chi connectivity index (χ3v) is 3.67. The van der Waals surface area contributed by atoms with Gasteiger partial charge in [0.25, 0.3) is 5.06 Å². The second-order valence-corrected chi connectivity index (χ2v) is 4.98. The molecule has 1 N–H and O–H groups in total. The molecule has 7 heteroatoms. The van der Waals surface area contributed by atoms with Gasteiger partial charge in [0.2, 0.25) is 0 Å². The molecular formula is C13H11NO5S. The molecule has 0 radical (unpaired) electrons. The molecule has 1 aromatic heterocycles. The third kappa shape index (κ3) is 2.84. The van der Waals surface area contributed by atoms with Gasteiger partial charge in [0, 0.05) is 11.6 Å². The van der Waals surface area contributed by atoms with Gasteiger partial charge in [-0.25, -0.2) is 0 Å². The first-order valence-electron chi connectivity index (χ1n) is 5.68. The summed E-state index contributed by atoms with van der Waals surface area (Å²) in [7, 11) is 0. The van der Waals surface area contributed by atoms with Crippen molar-refractivity contribution in [3.63, 3.8) is 0 Å². The van der Waals surface area contributed by atoms with Crippen molar-refractivity contribution in [3.05, 3.63) is 50.9 Å². The number of Topliss-reactive ketones (excluding diaryl/α,β-unsaturated/α-hetero) is 1. The number of hydrogen-bond donors (Lipinski definition) is 1. The largest absolute Gasteiger partial charge is 0.440 e. The molecule has 0 bridgehead atoms. The van der Waals surface area contributed by atoms with Crippen LogP contribution in [0.4, 0.5) is 5.69 Å². The summed E-state index contributed by atoms with van der Waals surface area (Å²) in [4.78, 5) is 21.9. The topological polar surface area (TPSA) is 89.7 Å². The molecule has 0 saturated heterocycles. The van der Waals surface area contributed by atoms with Crippen LogP contribution in [0.1, 0.15) is 22.2 Å². The van der Waals surface area contributed by atoms with E-state index in [0.29, 0.717) is 11.3 Å². The van der Waals surface area contributed by atoms with E-state index >= 15 is 0 Å². The molecular weight excluding hydrogens is 282 g/mol. The molecule has 0 aliphatic heterocycles. The summed E-state index contributed by atoms with van der Waals surface area (Å²) in [6.45, 7) is 1.09. The average molecular weight is 293 g/mol. The van der Waals surface area contributed by atoms with E-state index in [1.165, 1.54) is 13.0 Å². The van der Waals surface area contributed by atoms with Gasteiger partial charge in [-0.15, -0.1) is 0 Å². The quantitative estimate of drug-likeness (QED) is 0.519. The van der Waals surface area contributed by atoms with Crippen molar-refractivity contribution in [2.75, 3.05) is 0 Å². The Hall–Kier alpha value is -2.25. The van der Waals surface area contributed by atoms with Gasteiger partial charge < -0.3 is 9.84 Å². The standard InChI is InChI=1S/C13H11NO5S/c1-8(16)12-6-10(14(17)18)13(20-12)19-11-5-3-2-4-9(11)7-15/h2-6,15H,7H2,1H3. The van der Waals surface area contributed by atoms with Crippen LogP contribution in [0, 0.1) is 10.1 Å². The molecule has 104 valence electrons. The van der Waals surface area contributed by atoms with E-state index in [1.807, 2.05) is 0 Å². The Morgan fingerprint density at radius 1 is 1.45 bits per heavy atom. The maximum absolute atomic E-state index is 11.3. The number of aliphatic hydroxyl groups is 1. The number of carbonyl (C=O) groups excluding carboxylic acids is 1. The van der Waals surface area contributed by atoms with Gasteiger partial charge in [-0.1, -0.05) is 29.5 Å². The van der Waals surface area contributed by atoms with E-state index in [9.17, 15) is 20.0 Å². The van der Waals surface area contributed by atoms with Crippen LogP contribution >= 0.6 is 11.3 Å². The Bertz CT molecular complexity index is 665. The minimum absolute atomic E-state index is 0.0288. The van der Waals surface area contributed by atoms with Crippen molar-refractivity contribution < 1.29 is 19.6 Å². The fourth-order valence-corrected chi connectivity index (χ4v) is 2.46. The van der Waals surface area contributed by atoms with E-state index in [1.54, 1.807) is 24.3 Å². The Morgan fingerprint density at radius 2 is 2.15 bits per heavy atom. The van der Waals surface area contributed by atoms with Gasteiger partial charge in [0.1, 0.15) is 5.75 Å².